The van der Waals surface area contributed by atoms with E-state index < -0.39 is 5.41 Å². The molecule has 1 heterocycles. The maximum atomic E-state index is 11.5. The van der Waals surface area contributed by atoms with Crippen molar-refractivity contribution in [1.82, 2.24) is 4.90 Å². The van der Waals surface area contributed by atoms with Crippen LogP contribution < -0.4 is 0 Å². The van der Waals surface area contributed by atoms with Gasteiger partial charge in [0.25, 0.3) is 0 Å². The van der Waals surface area contributed by atoms with Gasteiger partial charge < -0.3 is 4.90 Å². The second-order valence-corrected chi connectivity index (χ2v) is 5.59. The van der Waals surface area contributed by atoms with Crippen LogP contribution in [0.25, 0.3) is 0 Å². The van der Waals surface area contributed by atoms with Crippen LogP contribution in [0.2, 0.25) is 0 Å². The van der Waals surface area contributed by atoms with E-state index in [0.717, 1.165) is 13.0 Å². The Labute approximate surface area is 115 Å². The summed E-state index contributed by atoms with van der Waals surface area (Å²) < 4.78 is 0. The Hall–Kier alpha value is -1.82. The first kappa shape index (κ1) is 15.2. The number of carbonyl (C=O) groups is 1. The highest BCUT2D eigenvalue weighted by Crippen LogP contribution is 2.33. The standard InChI is InChI=1S/C9H14N2O.C7H8/c1-9(2,6-10)7-4-5-11(3)8(7)12;1-7-5-3-2-4-6-7/h7H,4-5H2,1-3H3;2-6H,1H3. The van der Waals surface area contributed by atoms with Gasteiger partial charge in [0, 0.05) is 13.6 Å². The quantitative estimate of drug-likeness (QED) is 0.777. The Bertz CT molecular complexity index is 459. The molecule has 1 aromatic carbocycles. The summed E-state index contributed by atoms with van der Waals surface area (Å²) in [6, 6.07) is 12.4. The number of hydrogen-bond acceptors (Lipinski definition) is 2. The summed E-state index contributed by atoms with van der Waals surface area (Å²) >= 11 is 0. The zero-order chi connectivity index (χ0) is 14.5. The van der Waals surface area contributed by atoms with Crippen LogP contribution in [0.3, 0.4) is 0 Å². The van der Waals surface area contributed by atoms with E-state index in [1.165, 1.54) is 5.56 Å². The van der Waals surface area contributed by atoms with E-state index in [4.69, 9.17) is 5.26 Å². The SMILES string of the molecule is CN1CCC(C(C)(C)C#N)C1=O.Cc1ccccc1. The Morgan fingerprint density at radius 3 is 2.21 bits per heavy atom. The Kier molecular flexibility index (Phi) is 5.11. The van der Waals surface area contributed by atoms with Crippen molar-refractivity contribution >= 4 is 5.91 Å². The lowest BCUT2D eigenvalue weighted by atomic mass is 9.79. The Balaban J connectivity index is 0.000000218. The maximum Gasteiger partial charge on any atom is 0.227 e. The van der Waals surface area contributed by atoms with Gasteiger partial charge in [-0.25, -0.2) is 0 Å². The van der Waals surface area contributed by atoms with Crippen LogP contribution in [0, 0.1) is 29.6 Å². The fourth-order valence-electron chi connectivity index (χ4n) is 2.10. The van der Waals surface area contributed by atoms with Gasteiger partial charge in [-0.2, -0.15) is 5.26 Å². The average molecular weight is 258 g/mol. The first-order chi connectivity index (χ1) is 8.88. The number of aryl methyl sites for hydroxylation is 1. The van der Waals surface area contributed by atoms with Gasteiger partial charge in [0.1, 0.15) is 0 Å². The Morgan fingerprint density at radius 1 is 1.32 bits per heavy atom. The molecule has 1 saturated heterocycles. The molecule has 1 atom stereocenters. The van der Waals surface area contributed by atoms with Gasteiger partial charge in [0.2, 0.25) is 5.91 Å². The highest BCUT2D eigenvalue weighted by molar-refractivity contribution is 5.81. The number of hydrogen-bond donors (Lipinski definition) is 0. The highest BCUT2D eigenvalue weighted by atomic mass is 16.2. The van der Waals surface area contributed by atoms with Crippen molar-refractivity contribution in [2.24, 2.45) is 11.3 Å². The summed E-state index contributed by atoms with van der Waals surface area (Å²) in [7, 11) is 1.79. The minimum absolute atomic E-state index is 0.104. The van der Waals surface area contributed by atoms with Gasteiger partial charge in [-0.3, -0.25) is 4.79 Å². The van der Waals surface area contributed by atoms with E-state index in [1.807, 2.05) is 32.0 Å². The number of likely N-dealkylation sites (tertiary alicyclic amines) is 1. The van der Waals surface area contributed by atoms with E-state index in [0.29, 0.717) is 0 Å². The Morgan fingerprint density at radius 2 is 1.89 bits per heavy atom. The molecule has 0 N–H and O–H groups in total. The van der Waals surface area contributed by atoms with E-state index in [-0.39, 0.29) is 11.8 Å². The molecule has 1 aliphatic rings. The number of benzene rings is 1. The monoisotopic (exact) mass is 258 g/mol. The number of amides is 1. The van der Waals surface area contributed by atoms with Crippen molar-refractivity contribution < 1.29 is 4.79 Å². The summed E-state index contributed by atoms with van der Waals surface area (Å²) in [5.41, 5.74) is 0.810. The van der Waals surface area contributed by atoms with Gasteiger partial charge in [-0.15, -0.1) is 0 Å². The van der Waals surface area contributed by atoms with Crippen LogP contribution in [0.1, 0.15) is 25.8 Å². The molecule has 1 unspecified atom stereocenters. The molecule has 3 nitrogen and oxygen atoms in total. The van der Waals surface area contributed by atoms with E-state index >= 15 is 0 Å². The summed E-state index contributed by atoms with van der Waals surface area (Å²) in [5, 5.41) is 8.84. The predicted octanol–water partition coefficient (Wildman–Crippen LogP) is 3.01. The molecule has 0 saturated carbocycles. The normalized spacial score (nSPS) is 18.6. The summed E-state index contributed by atoms with van der Waals surface area (Å²) in [5.74, 6) is 0.00838. The van der Waals surface area contributed by atoms with Crippen LogP contribution in [0.15, 0.2) is 30.3 Å². The molecule has 3 heteroatoms. The molecule has 0 aromatic heterocycles. The largest absolute Gasteiger partial charge is 0.345 e. The predicted molar refractivity (Wildman–Crippen MR) is 76.3 cm³/mol. The second kappa shape index (κ2) is 6.38. The smallest absolute Gasteiger partial charge is 0.227 e. The molecule has 1 amide bonds. The summed E-state index contributed by atoms with van der Waals surface area (Å²) in [6.07, 6.45) is 0.815. The minimum Gasteiger partial charge on any atom is -0.345 e. The van der Waals surface area contributed by atoms with Crippen LogP contribution in [0.4, 0.5) is 0 Å². The summed E-state index contributed by atoms with van der Waals surface area (Å²) in [4.78, 5) is 13.2. The third-order valence-corrected chi connectivity index (χ3v) is 3.53. The molecule has 1 aromatic rings. The lowest BCUT2D eigenvalue weighted by Crippen LogP contribution is -2.31. The van der Waals surface area contributed by atoms with Gasteiger partial charge in [0.15, 0.2) is 0 Å². The number of nitriles is 1. The average Bonchev–Trinajstić information content (AvgIpc) is 2.72. The van der Waals surface area contributed by atoms with Gasteiger partial charge in [-0.05, 0) is 27.2 Å². The van der Waals surface area contributed by atoms with Crippen molar-refractivity contribution in [2.75, 3.05) is 13.6 Å². The third kappa shape index (κ3) is 4.10. The number of rotatable bonds is 1. The highest BCUT2D eigenvalue weighted by Gasteiger charge is 2.40. The van der Waals surface area contributed by atoms with E-state index in [2.05, 4.69) is 25.1 Å². The zero-order valence-corrected chi connectivity index (χ0v) is 12.2. The fraction of sp³-hybridized carbons (Fsp3) is 0.500. The molecule has 0 radical (unpaired) electrons. The van der Waals surface area contributed by atoms with Gasteiger partial charge in [0.05, 0.1) is 17.4 Å². The minimum atomic E-state index is -0.512. The molecule has 19 heavy (non-hydrogen) atoms. The second-order valence-electron chi connectivity index (χ2n) is 5.59. The number of nitrogens with zero attached hydrogens (tertiary/aromatic N) is 2. The fourth-order valence-corrected chi connectivity index (χ4v) is 2.10. The van der Waals surface area contributed by atoms with Crippen LogP contribution >= 0.6 is 0 Å². The molecule has 1 aliphatic heterocycles. The number of carbonyl (C=O) groups excluding carboxylic acids is 1. The van der Waals surface area contributed by atoms with Crippen molar-refractivity contribution in [3.63, 3.8) is 0 Å². The first-order valence-corrected chi connectivity index (χ1v) is 6.56. The molecule has 0 spiro atoms. The van der Waals surface area contributed by atoms with E-state index in [1.54, 1.807) is 11.9 Å². The van der Waals surface area contributed by atoms with Crippen molar-refractivity contribution in [2.45, 2.75) is 27.2 Å². The molecule has 0 bridgehead atoms. The third-order valence-electron chi connectivity index (χ3n) is 3.53. The lowest BCUT2D eigenvalue weighted by molar-refractivity contribution is -0.131. The molecular formula is C16H22N2O. The lowest BCUT2D eigenvalue weighted by Gasteiger charge is -2.21. The molecule has 2 rings (SSSR count). The van der Waals surface area contributed by atoms with Crippen molar-refractivity contribution in [3.8, 4) is 6.07 Å². The van der Waals surface area contributed by atoms with Crippen molar-refractivity contribution in [3.05, 3.63) is 35.9 Å². The molecule has 0 aliphatic carbocycles. The van der Waals surface area contributed by atoms with Crippen LogP contribution in [-0.4, -0.2) is 24.4 Å². The maximum absolute atomic E-state index is 11.5. The zero-order valence-electron chi connectivity index (χ0n) is 12.2. The van der Waals surface area contributed by atoms with Gasteiger partial charge >= 0.3 is 0 Å². The van der Waals surface area contributed by atoms with Crippen molar-refractivity contribution in [1.29, 1.82) is 5.26 Å². The van der Waals surface area contributed by atoms with Gasteiger partial charge in [-0.1, -0.05) is 35.9 Å². The first-order valence-electron chi connectivity index (χ1n) is 6.56. The molecule has 102 valence electrons. The van der Waals surface area contributed by atoms with Crippen LogP contribution in [0.5, 0.6) is 0 Å². The topological polar surface area (TPSA) is 44.1 Å². The molecular weight excluding hydrogens is 236 g/mol. The van der Waals surface area contributed by atoms with Crippen LogP contribution in [-0.2, 0) is 4.79 Å². The van der Waals surface area contributed by atoms with E-state index in [9.17, 15) is 4.79 Å². The molecule has 1 fully saturated rings. The summed E-state index contributed by atoms with van der Waals surface area (Å²) in [6.45, 7) is 6.53.